The predicted molar refractivity (Wildman–Crippen MR) is 66.7 cm³/mol. The summed E-state index contributed by atoms with van der Waals surface area (Å²) >= 11 is 0. The first-order valence-electron chi connectivity index (χ1n) is 4.99. The van der Waals surface area contributed by atoms with E-state index in [4.69, 9.17) is 10.8 Å². The number of anilines is 2. The molecular formula is C10H12N4O3S. The number of benzene rings is 1. The van der Waals surface area contributed by atoms with E-state index in [1.165, 1.54) is 31.3 Å². The Morgan fingerprint density at radius 2 is 1.94 bits per heavy atom. The number of aromatic hydroxyl groups is 1. The van der Waals surface area contributed by atoms with Gasteiger partial charge >= 0.3 is 0 Å². The quantitative estimate of drug-likeness (QED) is 0.751. The lowest BCUT2D eigenvalue weighted by Gasteiger charge is -2.18. The number of rotatable bonds is 3. The molecule has 0 unspecified atom stereocenters. The van der Waals surface area contributed by atoms with E-state index in [0.29, 0.717) is 5.69 Å². The van der Waals surface area contributed by atoms with Gasteiger partial charge in [-0.15, -0.1) is 0 Å². The van der Waals surface area contributed by atoms with Crippen molar-refractivity contribution in [3.63, 3.8) is 0 Å². The van der Waals surface area contributed by atoms with Crippen LogP contribution in [0.25, 0.3) is 0 Å². The van der Waals surface area contributed by atoms with Gasteiger partial charge in [-0.1, -0.05) is 0 Å². The van der Waals surface area contributed by atoms with Gasteiger partial charge in [0.1, 0.15) is 16.5 Å². The monoisotopic (exact) mass is 268 g/mol. The molecule has 0 aliphatic rings. The second-order valence-corrected chi connectivity index (χ2v) is 5.57. The van der Waals surface area contributed by atoms with E-state index < -0.39 is 10.0 Å². The summed E-state index contributed by atoms with van der Waals surface area (Å²) in [5.41, 5.74) is 5.91. The number of nitrogens with two attached hydrogens (primary N) is 1. The molecule has 0 bridgehead atoms. The zero-order chi connectivity index (χ0) is 13.3. The minimum absolute atomic E-state index is 0.0133. The fourth-order valence-corrected chi connectivity index (χ4v) is 2.64. The van der Waals surface area contributed by atoms with Crippen molar-refractivity contribution in [3.8, 4) is 5.75 Å². The van der Waals surface area contributed by atoms with Crippen LogP contribution in [0.4, 0.5) is 11.5 Å². The van der Waals surface area contributed by atoms with Gasteiger partial charge in [0.2, 0.25) is 0 Å². The van der Waals surface area contributed by atoms with Crippen LogP contribution < -0.4 is 10.0 Å². The maximum atomic E-state index is 12.2. The van der Waals surface area contributed by atoms with Gasteiger partial charge in [0.25, 0.3) is 10.0 Å². The summed E-state index contributed by atoms with van der Waals surface area (Å²) in [6.45, 7) is 0. The summed E-state index contributed by atoms with van der Waals surface area (Å²) in [5.74, 6) is 0.0491. The topological polar surface area (TPSA) is 112 Å². The second-order valence-electron chi connectivity index (χ2n) is 3.64. The minimum atomic E-state index is -3.76. The van der Waals surface area contributed by atoms with Gasteiger partial charge in [-0.25, -0.2) is 8.42 Å². The van der Waals surface area contributed by atoms with Gasteiger partial charge < -0.3 is 10.8 Å². The standard InChI is InChI=1S/C10H12N4O3S/c1-14(7-2-4-8(15)5-3-7)18(16,17)9-6-12-13-10(9)11/h2-6,15H,1H3,(H3,11,12,13). The van der Waals surface area contributed by atoms with E-state index in [0.717, 1.165) is 10.5 Å². The fraction of sp³-hybridized carbons (Fsp3) is 0.100. The summed E-state index contributed by atoms with van der Waals surface area (Å²) in [5, 5.41) is 15.1. The number of hydrogen-bond acceptors (Lipinski definition) is 5. The minimum Gasteiger partial charge on any atom is -0.508 e. The Bertz CT molecular complexity index is 648. The van der Waals surface area contributed by atoms with Gasteiger partial charge in [-0.2, -0.15) is 5.10 Å². The van der Waals surface area contributed by atoms with Crippen molar-refractivity contribution >= 4 is 21.5 Å². The van der Waals surface area contributed by atoms with E-state index in [1.807, 2.05) is 0 Å². The highest BCUT2D eigenvalue weighted by Crippen LogP contribution is 2.25. The Labute approximate surface area is 104 Å². The number of phenols is 1. The first-order chi connectivity index (χ1) is 8.43. The Morgan fingerprint density at radius 1 is 1.33 bits per heavy atom. The van der Waals surface area contributed by atoms with Crippen LogP contribution in [-0.4, -0.2) is 30.8 Å². The van der Waals surface area contributed by atoms with Crippen LogP contribution in [0.2, 0.25) is 0 Å². The molecule has 2 aromatic rings. The van der Waals surface area contributed by atoms with E-state index in [1.54, 1.807) is 0 Å². The highest BCUT2D eigenvalue weighted by atomic mass is 32.2. The third-order valence-corrected chi connectivity index (χ3v) is 4.30. The first kappa shape index (κ1) is 12.2. The molecule has 18 heavy (non-hydrogen) atoms. The SMILES string of the molecule is CN(c1ccc(O)cc1)S(=O)(=O)c1cn[nH]c1N. The number of H-pyrrole nitrogens is 1. The Hall–Kier alpha value is -2.22. The number of nitrogens with zero attached hydrogens (tertiary/aromatic N) is 2. The van der Waals surface area contributed by atoms with Crippen molar-refractivity contribution in [2.24, 2.45) is 0 Å². The van der Waals surface area contributed by atoms with Gasteiger partial charge in [-0.3, -0.25) is 9.40 Å². The number of aromatic amines is 1. The molecule has 2 rings (SSSR count). The third-order valence-electron chi connectivity index (χ3n) is 2.48. The lowest BCUT2D eigenvalue weighted by molar-refractivity contribution is 0.475. The Morgan fingerprint density at radius 3 is 2.44 bits per heavy atom. The molecule has 0 spiro atoms. The zero-order valence-corrected chi connectivity index (χ0v) is 10.3. The zero-order valence-electron chi connectivity index (χ0n) is 9.53. The van der Waals surface area contributed by atoms with Crippen LogP contribution >= 0.6 is 0 Å². The molecule has 1 heterocycles. The molecule has 1 aromatic carbocycles. The molecule has 8 heteroatoms. The first-order valence-corrected chi connectivity index (χ1v) is 6.44. The molecule has 7 nitrogen and oxygen atoms in total. The molecule has 0 aliphatic carbocycles. The molecule has 1 aromatic heterocycles. The maximum absolute atomic E-state index is 12.2. The molecule has 0 aliphatic heterocycles. The van der Waals surface area contributed by atoms with Crippen LogP contribution in [0.1, 0.15) is 0 Å². The van der Waals surface area contributed by atoms with Crippen LogP contribution in [0.3, 0.4) is 0 Å². The van der Waals surface area contributed by atoms with Crippen molar-refractivity contribution < 1.29 is 13.5 Å². The van der Waals surface area contributed by atoms with Crippen LogP contribution in [0.15, 0.2) is 35.4 Å². The molecule has 0 fully saturated rings. The molecule has 0 radical (unpaired) electrons. The lowest BCUT2D eigenvalue weighted by atomic mass is 10.3. The summed E-state index contributed by atoms with van der Waals surface area (Å²) in [7, 11) is -2.36. The van der Waals surface area contributed by atoms with E-state index in [2.05, 4.69) is 10.2 Å². The molecule has 96 valence electrons. The number of nitrogen functional groups attached to an aromatic ring is 1. The number of sulfonamides is 1. The van der Waals surface area contributed by atoms with Crippen molar-refractivity contribution in [2.45, 2.75) is 4.90 Å². The third kappa shape index (κ3) is 1.97. The number of nitrogens with one attached hydrogen (secondary N) is 1. The lowest BCUT2D eigenvalue weighted by Crippen LogP contribution is -2.26. The van der Waals surface area contributed by atoms with Crippen molar-refractivity contribution in [1.29, 1.82) is 0 Å². The van der Waals surface area contributed by atoms with Crippen LogP contribution in [0, 0.1) is 0 Å². The largest absolute Gasteiger partial charge is 0.508 e. The summed E-state index contributed by atoms with van der Waals surface area (Å²) < 4.78 is 25.5. The highest BCUT2D eigenvalue weighted by molar-refractivity contribution is 7.93. The average Bonchev–Trinajstić information content (AvgIpc) is 2.76. The van der Waals surface area contributed by atoms with E-state index in [-0.39, 0.29) is 16.5 Å². The van der Waals surface area contributed by atoms with Crippen molar-refractivity contribution in [2.75, 3.05) is 17.1 Å². The Balaban J connectivity index is 2.42. The summed E-state index contributed by atoms with van der Waals surface area (Å²) in [4.78, 5) is -0.0851. The van der Waals surface area contributed by atoms with Crippen LogP contribution in [0.5, 0.6) is 5.75 Å². The molecular weight excluding hydrogens is 256 g/mol. The fourth-order valence-electron chi connectivity index (χ4n) is 1.44. The average molecular weight is 268 g/mol. The molecule has 0 saturated carbocycles. The summed E-state index contributed by atoms with van der Waals surface area (Å²) in [6, 6.07) is 5.78. The van der Waals surface area contributed by atoms with Gasteiger partial charge in [0.15, 0.2) is 0 Å². The molecule has 0 saturated heterocycles. The second kappa shape index (κ2) is 4.22. The van der Waals surface area contributed by atoms with Gasteiger partial charge in [0.05, 0.1) is 11.9 Å². The number of phenolic OH excluding ortho intramolecular Hbond substituents is 1. The number of aromatic nitrogens is 2. The van der Waals surface area contributed by atoms with Crippen molar-refractivity contribution in [3.05, 3.63) is 30.5 Å². The van der Waals surface area contributed by atoms with Gasteiger partial charge in [-0.05, 0) is 24.3 Å². The smallest absolute Gasteiger partial charge is 0.269 e. The summed E-state index contributed by atoms with van der Waals surface area (Å²) in [6.07, 6.45) is 1.15. The Kier molecular flexibility index (Phi) is 2.87. The van der Waals surface area contributed by atoms with E-state index in [9.17, 15) is 8.42 Å². The van der Waals surface area contributed by atoms with Crippen molar-refractivity contribution in [1.82, 2.24) is 10.2 Å². The van der Waals surface area contributed by atoms with Gasteiger partial charge in [0, 0.05) is 7.05 Å². The highest BCUT2D eigenvalue weighted by Gasteiger charge is 2.25. The maximum Gasteiger partial charge on any atom is 0.269 e. The predicted octanol–water partition coefficient (Wildman–Crippen LogP) is 0.523. The van der Waals surface area contributed by atoms with E-state index >= 15 is 0 Å². The number of hydrogen-bond donors (Lipinski definition) is 3. The molecule has 4 N–H and O–H groups in total. The normalized spacial score (nSPS) is 11.4. The molecule has 0 atom stereocenters. The molecule has 0 amide bonds. The van der Waals surface area contributed by atoms with Crippen LogP contribution in [-0.2, 0) is 10.0 Å².